The Morgan fingerprint density at radius 2 is 1.70 bits per heavy atom. The number of nitrogens with one attached hydrogen (secondary N) is 2. The van der Waals surface area contributed by atoms with Gasteiger partial charge >= 0.3 is 6.18 Å². The summed E-state index contributed by atoms with van der Waals surface area (Å²) in [6.07, 6.45) is -2.77. The van der Waals surface area contributed by atoms with Crippen LogP contribution in [0.3, 0.4) is 0 Å². The van der Waals surface area contributed by atoms with Crippen molar-refractivity contribution >= 4 is 21.6 Å². The number of hydrogen-bond acceptors (Lipinski definition) is 3. The number of carbonyl (C=O) groups excluding carboxylic acids is 1. The zero-order valence-electron chi connectivity index (χ0n) is 15.6. The molecule has 30 heavy (non-hydrogen) atoms. The molecule has 0 spiro atoms. The maximum absolute atomic E-state index is 14.1. The lowest BCUT2D eigenvalue weighted by Crippen LogP contribution is -2.50. The second-order valence-electron chi connectivity index (χ2n) is 7.31. The van der Waals surface area contributed by atoms with Crippen LogP contribution in [-0.4, -0.2) is 19.9 Å². The van der Waals surface area contributed by atoms with Gasteiger partial charge in [0.25, 0.3) is 5.91 Å². The van der Waals surface area contributed by atoms with Gasteiger partial charge in [-0.05, 0) is 62.6 Å². The third-order valence-corrected chi connectivity index (χ3v) is 6.50. The van der Waals surface area contributed by atoms with E-state index in [0.717, 1.165) is 30.7 Å². The second-order valence-corrected chi connectivity index (χ2v) is 8.99. The number of alkyl halides is 3. The fourth-order valence-electron chi connectivity index (χ4n) is 3.06. The van der Waals surface area contributed by atoms with Crippen molar-refractivity contribution in [2.45, 2.75) is 42.8 Å². The molecule has 0 atom stereocenters. The van der Waals surface area contributed by atoms with Crippen molar-refractivity contribution in [2.24, 2.45) is 0 Å². The summed E-state index contributed by atoms with van der Waals surface area (Å²) in [5.41, 5.74) is -3.14. The largest absolute Gasteiger partial charge is 0.419 e. The first kappa shape index (κ1) is 22.2. The Morgan fingerprint density at radius 3 is 2.23 bits per heavy atom. The summed E-state index contributed by atoms with van der Waals surface area (Å²) in [5.74, 6) is -3.80. The van der Waals surface area contributed by atoms with Gasteiger partial charge in [-0.3, -0.25) is 4.79 Å². The van der Waals surface area contributed by atoms with E-state index in [1.165, 1.54) is 0 Å². The number of rotatable bonds is 5. The number of amides is 1. The van der Waals surface area contributed by atoms with Crippen molar-refractivity contribution < 1.29 is 35.2 Å². The molecule has 0 heterocycles. The van der Waals surface area contributed by atoms with Crippen molar-refractivity contribution in [1.29, 1.82) is 0 Å². The molecule has 1 aliphatic rings. The SMILES string of the molecule is CC1(NS(=O)(=O)c2ccc(F)c(C(=O)Nc3ccc(C(F)(F)F)c(F)c3)c2)CCC1. The van der Waals surface area contributed by atoms with Crippen molar-refractivity contribution in [3.8, 4) is 0 Å². The standard InChI is InChI=1S/C19H17F5N2O3S/c1-18(7-2-8-18)26-30(28,29)12-4-6-15(20)13(10-12)17(27)25-11-3-5-14(16(21)9-11)19(22,23)24/h3-6,9-10,26H,2,7-8H2,1H3,(H,25,27). The Bertz CT molecular complexity index is 1100. The van der Waals surface area contributed by atoms with Gasteiger partial charge in [0.05, 0.1) is 16.0 Å². The van der Waals surface area contributed by atoms with Crippen LogP contribution in [0, 0.1) is 11.6 Å². The molecule has 162 valence electrons. The molecule has 2 aromatic carbocycles. The molecular formula is C19H17F5N2O3S. The number of anilines is 1. The van der Waals surface area contributed by atoms with Gasteiger partial charge in [-0.1, -0.05) is 0 Å². The highest BCUT2D eigenvalue weighted by molar-refractivity contribution is 7.89. The number of benzene rings is 2. The Kier molecular flexibility index (Phi) is 5.63. The third kappa shape index (κ3) is 4.62. The van der Waals surface area contributed by atoms with E-state index in [9.17, 15) is 35.2 Å². The lowest BCUT2D eigenvalue weighted by atomic mass is 9.80. The predicted octanol–water partition coefficient (Wildman–Crippen LogP) is 4.46. The molecule has 2 N–H and O–H groups in total. The monoisotopic (exact) mass is 448 g/mol. The molecule has 5 nitrogen and oxygen atoms in total. The quantitative estimate of drug-likeness (QED) is 0.664. The topological polar surface area (TPSA) is 75.3 Å². The summed E-state index contributed by atoms with van der Waals surface area (Å²) >= 11 is 0. The Hall–Kier alpha value is -2.53. The number of carbonyl (C=O) groups is 1. The van der Waals surface area contributed by atoms with Gasteiger partial charge < -0.3 is 5.32 Å². The summed E-state index contributed by atoms with van der Waals surface area (Å²) in [5, 5.41) is 2.07. The van der Waals surface area contributed by atoms with Gasteiger partial charge in [-0.15, -0.1) is 0 Å². The van der Waals surface area contributed by atoms with Crippen LogP contribution in [0.5, 0.6) is 0 Å². The molecule has 3 rings (SSSR count). The number of sulfonamides is 1. The molecule has 0 radical (unpaired) electrons. The van der Waals surface area contributed by atoms with E-state index in [1.54, 1.807) is 6.92 Å². The zero-order chi connectivity index (χ0) is 22.3. The molecule has 1 amide bonds. The first-order chi connectivity index (χ1) is 13.8. The third-order valence-electron chi connectivity index (χ3n) is 4.86. The fraction of sp³-hybridized carbons (Fsp3) is 0.316. The van der Waals surface area contributed by atoms with Gasteiger partial charge in [-0.2, -0.15) is 13.2 Å². The van der Waals surface area contributed by atoms with Crippen LogP contribution in [0.15, 0.2) is 41.3 Å². The molecular weight excluding hydrogens is 431 g/mol. The molecule has 11 heteroatoms. The highest BCUT2D eigenvalue weighted by Gasteiger charge is 2.37. The summed E-state index contributed by atoms with van der Waals surface area (Å²) in [6, 6.07) is 4.29. The fourth-order valence-corrected chi connectivity index (χ4v) is 4.55. The highest BCUT2D eigenvalue weighted by atomic mass is 32.2. The van der Waals surface area contributed by atoms with Crippen LogP contribution in [0.25, 0.3) is 0 Å². The van der Waals surface area contributed by atoms with E-state index in [-0.39, 0.29) is 10.6 Å². The van der Waals surface area contributed by atoms with Gasteiger partial charge in [-0.25, -0.2) is 21.9 Å². The molecule has 1 aliphatic carbocycles. The minimum atomic E-state index is -4.91. The summed E-state index contributed by atoms with van der Waals surface area (Å²) < 4.78 is 93.3. The van der Waals surface area contributed by atoms with Crippen molar-refractivity contribution in [2.75, 3.05) is 5.32 Å². The van der Waals surface area contributed by atoms with E-state index < -0.39 is 50.4 Å². The van der Waals surface area contributed by atoms with Crippen molar-refractivity contribution in [3.63, 3.8) is 0 Å². The Balaban J connectivity index is 1.84. The van der Waals surface area contributed by atoms with Gasteiger partial charge in [0, 0.05) is 11.2 Å². The molecule has 1 saturated carbocycles. The lowest BCUT2D eigenvalue weighted by Gasteiger charge is -2.38. The minimum Gasteiger partial charge on any atom is -0.322 e. The maximum Gasteiger partial charge on any atom is 0.419 e. The summed E-state index contributed by atoms with van der Waals surface area (Å²) in [4.78, 5) is 12.0. The highest BCUT2D eigenvalue weighted by Crippen LogP contribution is 2.34. The van der Waals surface area contributed by atoms with Crippen LogP contribution in [0.2, 0.25) is 0 Å². The van der Waals surface area contributed by atoms with Crippen molar-refractivity contribution in [1.82, 2.24) is 4.72 Å². The van der Waals surface area contributed by atoms with E-state index in [0.29, 0.717) is 25.0 Å². The molecule has 0 aliphatic heterocycles. The average Bonchev–Trinajstić information content (AvgIpc) is 2.59. The molecule has 2 aromatic rings. The smallest absolute Gasteiger partial charge is 0.322 e. The maximum atomic E-state index is 14.1. The minimum absolute atomic E-state index is 0.347. The normalized spacial score (nSPS) is 16.1. The van der Waals surface area contributed by atoms with E-state index >= 15 is 0 Å². The molecule has 0 aromatic heterocycles. The predicted molar refractivity (Wildman–Crippen MR) is 98.3 cm³/mol. The number of hydrogen-bond donors (Lipinski definition) is 2. The van der Waals surface area contributed by atoms with Gasteiger partial charge in [0.2, 0.25) is 10.0 Å². The van der Waals surface area contributed by atoms with Crippen LogP contribution in [0.4, 0.5) is 27.6 Å². The van der Waals surface area contributed by atoms with Crippen LogP contribution >= 0.6 is 0 Å². The number of halogens is 5. The summed E-state index contributed by atoms with van der Waals surface area (Å²) in [7, 11) is -4.03. The zero-order valence-corrected chi connectivity index (χ0v) is 16.4. The second kappa shape index (κ2) is 7.62. The molecule has 0 unspecified atom stereocenters. The van der Waals surface area contributed by atoms with Gasteiger partial charge in [0.15, 0.2) is 0 Å². The lowest BCUT2D eigenvalue weighted by molar-refractivity contribution is -0.139. The van der Waals surface area contributed by atoms with Crippen LogP contribution in [-0.2, 0) is 16.2 Å². The average molecular weight is 448 g/mol. The molecule has 0 saturated heterocycles. The van der Waals surface area contributed by atoms with E-state index in [2.05, 4.69) is 10.0 Å². The summed E-state index contributed by atoms with van der Waals surface area (Å²) in [6.45, 7) is 1.73. The molecule has 0 bridgehead atoms. The van der Waals surface area contributed by atoms with Gasteiger partial charge in [0.1, 0.15) is 11.6 Å². The van der Waals surface area contributed by atoms with Crippen LogP contribution in [0.1, 0.15) is 42.1 Å². The Morgan fingerprint density at radius 1 is 1.03 bits per heavy atom. The Labute approximate surface area is 169 Å². The van der Waals surface area contributed by atoms with Crippen molar-refractivity contribution in [3.05, 3.63) is 59.2 Å². The first-order valence-corrected chi connectivity index (χ1v) is 10.3. The van der Waals surface area contributed by atoms with E-state index in [4.69, 9.17) is 0 Å². The first-order valence-electron chi connectivity index (χ1n) is 8.82. The van der Waals surface area contributed by atoms with Crippen LogP contribution < -0.4 is 10.0 Å². The van der Waals surface area contributed by atoms with E-state index in [1.807, 2.05) is 0 Å². The molecule has 1 fully saturated rings.